The van der Waals surface area contributed by atoms with Gasteiger partial charge in [0.1, 0.15) is 0 Å². The van der Waals surface area contributed by atoms with Crippen LogP contribution in [0.5, 0.6) is 0 Å². The number of anilines is 2. The molecule has 1 unspecified atom stereocenters. The maximum atomic E-state index is 13.6. The predicted octanol–water partition coefficient (Wildman–Crippen LogP) is 4.93. The van der Waals surface area contributed by atoms with E-state index in [9.17, 15) is 23.1 Å². The molecule has 1 spiro atoms. The zero-order valence-electron chi connectivity index (χ0n) is 19.0. The lowest BCUT2D eigenvalue weighted by molar-refractivity contribution is -0.140. The second-order valence-corrected chi connectivity index (χ2v) is 9.12. The summed E-state index contributed by atoms with van der Waals surface area (Å²) in [4.78, 5) is 14.5. The highest BCUT2D eigenvalue weighted by Gasteiger charge is 2.59. The summed E-state index contributed by atoms with van der Waals surface area (Å²) in [5.41, 5.74) is -0.455. The van der Waals surface area contributed by atoms with Gasteiger partial charge in [0.15, 0.2) is 11.3 Å². The summed E-state index contributed by atoms with van der Waals surface area (Å²) >= 11 is 5.69. The molecule has 1 N–H and O–H groups in total. The Hall–Kier alpha value is -3.16. The number of carbonyl (C=O) groups is 1. The number of methoxy groups -OCH3 is 1. The van der Waals surface area contributed by atoms with Crippen LogP contribution in [0.15, 0.2) is 42.5 Å². The third-order valence-corrected chi connectivity index (χ3v) is 7.14. The van der Waals surface area contributed by atoms with Gasteiger partial charge in [-0.1, -0.05) is 12.1 Å². The van der Waals surface area contributed by atoms with E-state index in [0.717, 1.165) is 29.8 Å². The van der Waals surface area contributed by atoms with Gasteiger partial charge in [-0.2, -0.15) is 18.4 Å². The average Bonchev–Trinajstić information content (AvgIpc) is 3.05. The molecule has 184 valence electrons. The first-order chi connectivity index (χ1) is 16.6. The Morgan fingerprint density at radius 3 is 2.43 bits per heavy atom. The normalized spacial score (nSPS) is 19.0. The molecule has 0 radical (unpaired) electrons. The number of hydrogen-bond donors (Lipinski definition) is 1. The number of aryl methyl sites for hydroxylation is 1. The smallest absolute Gasteiger partial charge is 0.417 e. The third kappa shape index (κ3) is 4.46. The second-order valence-electron chi connectivity index (χ2n) is 8.75. The van der Waals surface area contributed by atoms with E-state index in [2.05, 4.69) is 4.74 Å². The summed E-state index contributed by atoms with van der Waals surface area (Å²) < 4.78 is 45.3. The summed E-state index contributed by atoms with van der Waals surface area (Å²) in [7, 11) is 1.35. The largest absolute Gasteiger partial charge is 0.469 e. The van der Waals surface area contributed by atoms with Crippen molar-refractivity contribution in [1.29, 1.82) is 5.26 Å². The third-order valence-electron chi connectivity index (χ3n) is 6.76. The number of nitriles is 1. The maximum absolute atomic E-state index is 13.6. The van der Waals surface area contributed by atoms with Crippen LogP contribution in [0.1, 0.15) is 48.8 Å². The fourth-order valence-electron chi connectivity index (χ4n) is 4.76. The van der Waals surface area contributed by atoms with Crippen LogP contribution in [-0.2, 0) is 22.1 Å². The van der Waals surface area contributed by atoms with Crippen molar-refractivity contribution in [2.75, 3.05) is 16.9 Å². The first-order valence-corrected chi connectivity index (χ1v) is 11.6. The lowest BCUT2D eigenvalue weighted by atomic mass is 9.74. The average molecular weight is 504 g/mol. The predicted molar refractivity (Wildman–Crippen MR) is 128 cm³/mol. The van der Waals surface area contributed by atoms with Crippen LogP contribution in [0, 0.1) is 11.3 Å². The first-order valence-electron chi connectivity index (χ1n) is 11.2. The molecule has 1 saturated carbocycles. The van der Waals surface area contributed by atoms with Gasteiger partial charge in [-0.3, -0.25) is 9.69 Å². The summed E-state index contributed by atoms with van der Waals surface area (Å²) in [5, 5.41) is 20.6. The Labute approximate surface area is 206 Å². The molecule has 6 nitrogen and oxygen atoms in total. The first kappa shape index (κ1) is 24.9. The molecule has 0 bridgehead atoms. The summed E-state index contributed by atoms with van der Waals surface area (Å²) in [5.74, 6) is -0.262. The van der Waals surface area contributed by atoms with E-state index in [1.807, 2.05) is 29.2 Å². The van der Waals surface area contributed by atoms with E-state index in [1.165, 1.54) is 18.1 Å². The number of aliphatic hydroxyl groups excluding tert-OH is 1. The Balaban J connectivity index is 1.63. The van der Waals surface area contributed by atoms with Crippen LogP contribution in [0.3, 0.4) is 0 Å². The summed E-state index contributed by atoms with van der Waals surface area (Å²) in [6.07, 6.45) is -2.08. The van der Waals surface area contributed by atoms with Gasteiger partial charge in [-0.15, -0.1) is 0 Å². The van der Waals surface area contributed by atoms with Crippen molar-refractivity contribution in [3.05, 3.63) is 59.2 Å². The fraction of sp³-hybridized carbons (Fsp3) is 0.400. The maximum Gasteiger partial charge on any atom is 0.417 e. The summed E-state index contributed by atoms with van der Waals surface area (Å²) in [6, 6.07) is 12.5. The van der Waals surface area contributed by atoms with Crippen molar-refractivity contribution < 1.29 is 27.8 Å². The number of halogens is 3. The van der Waals surface area contributed by atoms with Gasteiger partial charge < -0.3 is 14.7 Å². The number of hydrogen-bond acceptors (Lipinski definition) is 5. The van der Waals surface area contributed by atoms with Gasteiger partial charge in [0.05, 0.1) is 29.8 Å². The van der Waals surface area contributed by atoms with Gasteiger partial charge in [0.25, 0.3) is 0 Å². The van der Waals surface area contributed by atoms with Crippen molar-refractivity contribution in [2.45, 2.75) is 56.5 Å². The SMILES string of the molecule is COC(=O)CCCc1ccc(N2C(=S)N(c3ccc(C#N)c(C(F)(F)F)c3)C(O)C23CCC3)cc1. The summed E-state index contributed by atoms with van der Waals surface area (Å²) in [6.45, 7) is 0. The van der Waals surface area contributed by atoms with E-state index < -0.39 is 29.1 Å². The topological polar surface area (TPSA) is 76.8 Å². The number of ether oxygens (including phenoxy) is 1. The van der Waals surface area contributed by atoms with Crippen LogP contribution < -0.4 is 9.80 Å². The molecule has 1 atom stereocenters. The van der Waals surface area contributed by atoms with E-state index in [4.69, 9.17) is 17.5 Å². The molecule has 0 amide bonds. The van der Waals surface area contributed by atoms with E-state index in [-0.39, 0.29) is 16.8 Å². The number of benzene rings is 2. The second kappa shape index (κ2) is 9.47. The van der Waals surface area contributed by atoms with Crippen molar-refractivity contribution in [3.8, 4) is 6.07 Å². The lowest BCUT2D eigenvalue weighted by Gasteiger charge is -2.46. The number of carbonyl (C=O) groups excluding carboxylic acids is 1. The van der Waals surface area contributed by atoms with E-state index in [1.54, 1.807) is 6.07 Å². The number of rotatable bonds is 6. The van der Waals surface area contributed by atoms with Crippen molar-refractivity contribution in [2.24, 2.45) is 0 Å². The molecule has 2 aromatic rings. The molecule has 2 aliphatic rings. The van der Waals surface area contributed by atoms with Gasteiger partial charge in [0.2, 0.25) is 0 Å². The Morgan fingerprint density at radius 2 is 1.89 bits per heavy atom. The minimum atomic E-state index is -4.72. The minimum absolute atomic E-state index is 0.0852. The van der Waals surface area contributed by atoms with Gasteiger partial charge in [-0.05, 0) is 80.2 Å². The number of esters is 1. The Morgan fingerprint density at radius 1 is 1.23 bits per heavy atom. The molecule has 10 heteroatoms. The van der Waals surface area contributed by atoms with Gasteiger partial charge in [-0.25, -0.2) is 0 Å². The van der Waals surface area contributed by atoms with Crippen molar-refractivity contribution >= 4 is 34.7 Å². The molecule has 2 fully saturated rings. The molecule has 1 saturated heterocycles. The Bertz CT molecular complexity index is 1170. The lowest BCUT2D eigenvalue weighted by Crippen LogP contribution is -2.57. The molecular formula is C25H24F3N3O3S. The number of alkyl halides is 3. The number of thiocarbonyl (C=S) groups is 1. The number of nitrogens with zero attached hydrogens (tertiary/aromatic N) is 3. The minimum Gasteiger partial charge on any atom is -0.469 e. The van der Waals surface area contributed by atoms with E-state index >= 15 is 0 Å². The quantitative estimate of drug-likeness (QED) is 0.443. The van der Waals surface area contributed by atoms with Gasteiger partial charge >= 0.3 is 12.1 Å². The molecule has 2 aromatic carbocycles. The van der Waals surface area contributed by atoms with Crippen LogP contribution in [0.25, 0.3) is 0 Å². The monoisotopic (exact) mass is 503 g/mol. The highest BCUT2D eigenvalue weighted by Crippen LogP contribution is 2.50. The molecule has 0 aromatic heterocycles. The van der Waals surface area contributed by atoms with E-state index in [0.29, 0.717) is 32.1 Å². The zero-order valence-corrected chi connectivity index (χ0v) is 19.8. The molecule has 4 rings (SSSR count). The zero-order chi connectivity index (χ0) is 25.4. The highest BCUT2D eigenvalue weighted by atomic mass is 32.1. The number of aliphatic hydroxyl groups is 1. The van der Waals surface area contributed by atoms with Gasteiger partial charge in [0, 0.05) is 17.8 Å². The van der Waals surface area contributed by atoms with Crippen LogP contribution in [0.2, 0.25) is 0 Å². The standard InChI is InChI=1S/C25H24F3N3O3S/c1-34-21(32)5-2-4-16-6-9-18(10-7-16)31-23(35)30(22(33)24(31)12-3-13-24)19-11-8-17(15-29)20(14-19)25(26,27)28/h6-11,14,22,33H,2-5,12-13H2,1H3. The Kier molecular flexibility index (Phi) is 6.75. The molecule has 1 aliphatic carbocycles. The highest BCUT2D eigenvalue weighted by molar-refractivity contribution is 7.80. The fourth-order valence-corrected chi connectivity index (χ4v) is 5.26. The van der Waals surface area contributed by atoms with Crippen molar-refractivity contribution in [1.82, 2.24) is 0 Å². The molecule has 1 aliphatic heterocycles. The van der Waals surface area contributed by atoms with Crippen molar-refractivity contribution in [3.63, 3.8) is 0 Å². The molecule has 35 heavy (non-hydrogen) atoms. The molecular weight excluding hydrogens is 479 g/mol. The van der Waals surface area contributed by atoms with Crippen LogP contribution in [0.4, 0.5) is 24.5 Å². The van der Waals surface area contributed by atoms with Crippen LogP contribution in [-0.4, -0.2) is 35.1 Å². The molecule has 1 heterocycles. The van der Waals surface area contributed by atoms with Crippen LogP contribution >= 0.6 is 12.2 Å².